The number of nitrogens with zero attached hydrogens (tertiary/aromatic N) is 3. The smallest absolute Gasteiger partial charge is 0.255 e. The van der Waals surface area contributed by atoms with Gasteiger partial charge in [0.05, 0.1) is 23.5 Å². The topological polar surface area (TPSA) is 73.0 Å². The van der Waals surface area contributed by atoms with Crippen LogP contribution in [0.3, 0.4) is 0 Å². The first-order valence-electron chi connectivity index (χ1n) is 7.99. The minimum Gasteiger partial charge on any atom is -0.444 e. The van der Waals surface area contributed by atoms with Crippen molar-refractivity contribution in [3.63, 3.8) is 0 Å². The molecule has 24 heavy (non-hydrogen) atoms. The standard InChI is InChI=1S/C18H20N4O2/c1-3-9-22-11-16(13(2)21-22)17(23)19-10-15-12-24-18(20-15)14-7-5-4-6-8-14/h4-8,11-12H,3,9-10H2,1-2H3,(H,19,23). The first-order chi connectivity index (χ1) is 11.7. The first kappa shape index (κ1) is 16.0. The second-order valence-corrected chi connectivity index (χ2v) is 5.58. The summed E-state index contributed by atoms with van der Waals surface area (Å²) in [7, 11) is 0. The Morgan fingerprint density at radius 1 is 1.29 bits per heavy atom. The molecule has 1 amide bonds. The molecule has 1 aromatic carbocycles. The predicted molar refractivity (Wildman–Crippen MR) is 90.4 cm³/mol. The van der Waals surface area contributed by atoms with Crippen molar-refractivity contribution >= 4 is 5.91 Å². The maximum absolute atomic E-state index is 12.3. The summed E-state index contributed by atoms with van der Waals surface area (Å²) in [5.41, 5.74) is 2.91. The minimum atomic E-state index is -0.154. The maximum Gasteiger partial charge on any atom is 0.255 e. The zero-order valence-corrected chi connectivity index (χ0v) is 13.8. The van der Waals surface area contributed by atoms with Gasteiger partial charge in [0.25, 0.3) is 5.91 Å². The number of aryl methyl sites for hydroxylation is 2. The second kappa shape index (κ2) is 7.12. The van der Waals surface area contributed by atoms with Crippen molar-refractivity contribution in [3.05, 3.63) is 59.7 Å². The Balaban J connectivity index is 1.64. The molecule has 0 saturated carbocycles. The predicted octanol–water partition coefficient (Wildman–Crippen LogP) is 3.19. The average molecular weight is 324 g/mol. The molecule has 0 aliphatic heterocycles. The number of carbonyl (C=O) groups excluding carboxylic acids is 1. The highest BCUT2D eigenvalue weighted by Gasteiger charge is 2.14. The van der Waals surface area contributed by atoms with E-state index in [4.69, 9.17) is 4.42 Å². The highest BCUT2D eigenvalue weighted by molar-refractivity contribution is 5.94. The molecule has 0 radical (unpaired) electrons. The van der Waals surface area contributed by atoms with Crippen molar-refractivity contribution in [1.82, 2.24) is 20.1 Å². The highest BCUT2D eigenvalue weighted by Crippen LogP contribution is 2.17. The Bertz CT molecular complexity index is 821. The molecular weight excluding hydrogens is 304 g/mol. The third-order valence-corrected chi connectivity index (χ3v) is 3.65. The van der Waals surface area contributed by atoms with Crippen molar-refractivity contribution in [1.29, 1.82) is 0 Å². The number of hydrogen-bond donors (Lipinski definition) is 1. The monoisotopic (exact) mass is 324 g/mol. The Hall–Kier alpha value is -2.89. The van der Waals surface area contributed by atoms with E-state index in [0.717, 1.165) is 24.2 Å². The van der Waals surface area contributed by atoms with Crippen LogP contribution in [-0.4, -0.2) is 20.7 Å². The number of amides is 1. The molecule has 0 unspecified atom stereocenters. The van der Waals surface area contributed by atoms with E-state index in [1.807, 2.05) is 37.3 Å². The summed E-state index contributed by atoms with van der Waals surface area (Å²) >= 11 is 0. The van der Waals surface area contributed by atoms with Crippen LogP contribution in [0, 0.1) is 6.92 Å². The van der Waals surface area contributed by atoms with Crippen molar-refractivity contribution in [2.75, 3.05) is 0 Å². The molecule has 0 fully saturated rings. The third-order valence-electron chi connectivity index (χ3n) is 3.65. The van der Waals surface area contributed by atoms with Crippen molar-refractivity contribution in [2.24, 2.45) is 0 Å². The van der Waals surface area contributed by atoms with Crippen molar-refractivity contribution in [3.8, 4) is 11.5 Å². The molecular formula is C18H20N4O2. The molecule has 0 atom stereocenters. The van der Waals surface area contributed by atoms with Crippen LogP contribution in [0.4, 0.5) is 0 Å². The van der Waals surface area contributed by atoms with Crippen LogP contribution >= 0.6 is 0 Å². The molecule has 0 bridgehead atoms. The van der Waals surface area contributed by atoms with Gasteiger partial charge in [0.1, 0.15) is 6.26 Å². The maximum atomic E-state index is 12.3. The van der Waals surface area contributed by atoms with Crippen LogP contribution in [0.1, 0.15) is 35.1 Å². The van der Waals surface area contributed by atoms with E-state index in [9.17, 15) is 4.79 Å². The van der Waals surface area contributed by atoms with Gasteiger partial charge in [-0.2, -0.15) is 5.10 Å². The molecule has 2 aromatic heterocycles. The van der Waals surface area contributed by atoms with Gasteiger partial charge in [-0.05, 0) is 25.5 Å². The van der Waals surface area contributed by atoms with Gasteiger partial charge in [-0.1, -0.05) is 25.1 Å². The molecule has 3 rings (SSSR count). The van der Waals surface area contributed by atoms with Gasteiger partial charge in [0.15, 0.2) is 0 Å². The van der Waals surface area contributed by atoms with Crippen LogP contribution in [0.15, 0.2) is 47.2 Å². The molecule has 6 nitrogen and oxygen atoms in total. The lowest BCUT2D eigenvalue weighted by Gasteiger charge is -2.01. The summed E-state index contributed by atoms with van der Waals surface area (Å²) in [6, 6.07) is 9.66. The molecule has 0 aliphatic carbocycles. The fourth-order valence-electron chi connectivity index (χ4n) is 2.45. The lowest BCUT2D eigenvalue weighted by atomic mass is 10.2. The average Bonchev–Trinajstić information content (AvgIpc) is 3.21. The number of aromatic nitrogens is 3. The summed E-state index contributed by atoms with van der Waals surface area (Å²) in [4.78, 5) is 16.7. The number of benzene rings is 1. The van der Waals surface area contributed by atoms with E-state index in [-0.39, 0.29) is 5.91 Å². The van der Waals surface area contributed by atoms with Crippen molar-refractivity contribution in [2.45, 2.75) is 33.4 Å². The van der Waals surface area contributed by atoms with Gasteiger partial charge < -0.3 is 9.73 Å². The van der Waals surface area contributed by atoms with E-state index in [1.165, 1.54) is 0 Å². The summed E-state index contributed by atoms with van der Waals surface area (Å²) in [6.45, 7) is 5.03. The molecule has 124 valence electrons. The quantitative estimate of drug-likeness (QED) is 0.756. The lowest BCUT2D eigenvalue weighted by molar-refractivity contribution is 0.0949. The summed E-state index contributed by atoms with van der Waals surface area (Å²) in [6.07, 6.45) is 4.33. The van der Waals surface area contributed by atoms with E-state index in [2.05, 4.69) is 22.3 Å². The Kier molecular flexibility index (Phi) is 4.74. The van der Waals surface area contributed by atoms with Crippen LogP contribution in [0.5, 0.6) is 0 Å². The van der Waals surface area contributed by atoms with E-state index in [1.54, 1.807) is 17.1 Å². The van der Waals surface area contributed by atoms with E-state index in [0.29, 0.717) is 23.7 Å². The molecule has 1 N–H and O–H groups in total. The van der Waals surface area contributed by atoms with Crippen molar-refractivity contribution < 1.29 is 9.21 Å². The van der Waals surface area contributed by atoms with Gasteiger partial charge in [0.2, 0.25) is 5.89 Å². The molecule has 0 spiro atoms. The summed E-state index contributed by atoms with van der Waals surface area (Å²) in [5.74, 6) is 0.394. The van der Waals surface area contributed by atoms with Gasteiger partial charge in [-0.15, -0.1) is 0 Å². The Labute approximate surface area is 140 Å². The SMILES string of the molecule is CCCn1cc(C(=O)NCc2coc(-c3ccccc3)n2)c(C)n1. The van der Waals surface area contributed by atoms with Gasteiger partial charge in [-0.3, -0.25) is 9.48 Å². The summed E-state index contributed by atoms with van der Waals surface area (Å²) in [5, 5.41) is 7.20. The molecule has 6 heteroatoms. The zero-order chi connectivity index (χ0) is 16.9. The van der Waals surface area contributed by atoms with Gasteiger partial charge >= 0.3 is 0 Å². The number of nitrogens with one attached hydrogen (secondary N) is 1. The molecule has 0 aliphatic rings. The molecule has 2 heterocycles. The number of oxazole rings is 1. The number of hydrogen-bond acceptors (Lipinski definition) is 4. The molecule has 0 saturated heterocycles. The number of rotatable bonds is 6. The highest BCUT2D eigenvalue weighted by atomic mass is 16.3. The third kappa shape index (κ3) is 3.53. The van der Waals surface area contributed by atoms with E-state index < -0.39 is 0 Å². The summed E-state index contributed by atoms with van der Waals surface area (Å²) < 4.78 is 7.27. The zero-order valence-electron chi connectivity index (χ0n) is 13.8. The van der Waals surface area contributed by atoms with Crippen LogP contribution in [0.2, 0.25) is 0 Å². The first-order valence-corrected chi connectivity index (χ1v) is 7.99. The second-order valence-electron chi connectivity index (χ2n) is 5.58. The fraction of sp³-hybridized carbons (Fsp3) is 0.278. The van der Waals surface area contributed by atoms with Crippen LogP contribution in [-0.2, 0) is 13.1 Å². The van der Waals surface area contributed by atoms with Gasteiger partial charge in [0, 0.05) is 18.3 Å². The normalized spacial score (nSPS) is 10.8. The largest absolute Gasteiger partial charge is 0.444 e. The lowest BCUT2D eigenvalue weighted by Crippen LogP contribution is -2.23. The Morgan fingerprint density at radius 2 is 2.08 bits per heavy atom. The minimum absolute atomic E-state index is 0.154. The number of carbonyl (C=O) groups is 1. The Morgan fingerprint density at radius 3 is 2.83 bits per heavy atom. The van der Waals surface area contributed by atoms with Crippen LogP contribution in [0.25, 0.3) is 11.5 Å². The van der Waals surface area contributed by atoms with E-state index >= 15 is 0 Å². The van der Waals surface area contributed by atoms with Crippen LogP contribution < -0.4 is 5.32 Å². The van der Waals surface area contributed by atoms with Gasteiger partial charge in [-0.25, -0.2) is 4.98 Å². The fourth-order valence-corrected chi connectivity index (χ4v) is 2.45. The molecule has 3 aromatic rings.